The van der Waals surface area contributed by atoms with Crippen LogP contribution in [-0.2, 0) is 11.2 Å². The maximum atomic E-state index is 11.7. The molecule has 18 heavy (non-hydrogen) atoms. The van der Waals surface area contributed by atoms with Gasteiger partial charge >= 0.3 is 0 Å². The lowest BCUT2D eigenvalue weighted by molar-refractivity contribution is -0.122. The van der Waals surface area contributed by atoms with Gasteiger partial charge in [-0.3, -0.25) is 4.79 Å². The summed E-state index contributed by atoms with van der Waals surface area (Å²) >= 11 is 0. The third kappa shape index (κ3) is 5.36. The highest BCUT2D eigenvalue weighted by Gasteiger charge is 2.14. The van der Waals surface area contributed by atoms with Gasteiger partial charge in [-0.15, -0.1) is 0 Å². The normalized spacial score (nSPS) is 14.5. The summed E-state index contributed by atoms with van der Waals surface area (Å²) in [6.07, 6.45) is 3.77. The second-order valence-electron chi connectivity index (χ2n) is 5.20. The molecule has 1 heterocycles. The Morgan fingerprint density at radius 3 is 2.72 bits per heavy atom. The Balaban J connectivity index is 2.23. The van der Waals surface area contributed by atoms with Crippen LogP contribution in [0.5, 0.6) is 0 Å². The van der Waals surface area contributed by atoms with E-state index >= 15 is 0 Å². The molecule has 2 unspecified atom stereocenters. The first-order valence-corrected chi connectivity index (χ1v) is 6.56. The third-order valence-electron chi connectivity index (χ3n) is 3.09. The van der Waals surface area contributed by atoms with Gasteiger partial charge in [-0.2, -0.15) is 0 Å². The van der Waals surface area contributed by atoms with Gasteiger partial charge in [0.1, 0.15) is 5.76 Å². The molecule has 1 aromatic rings. The fraction of sp³-hybridized carbons (Fsp3) is 0.643. The van der Waals surface area contributed by atoms with E-state index < -0.39 is 0 Å². The van der Waals surface area contributed by atoms with E-state index in [4.69, 9.17) is 10.2 Å². The van der Waals surface area contributed by atoms with Crippen LogP contribution in [0.2, 0.25) is 0 Å². The number of amides is 1. The zero-order chi connectivity index (χ0) is 13.5. The van der Waals surface area contributed by atoms with Gasteiger partial charge in [0.05, 0.1) is 6.26 Å². The van der Waals surface area contributed by atoms with Crippen LogP contribution in [0.3, 0.4) is 0 Å². The van der Waals surface area contributed by atoms with E-state index in [-0.39, 0.29) is 18.0 Å². The smallest absolute Gasteiger partial charge is 0.221 e. The van der Waals surface area contributed by atoms with Crippen molar-refractivity contribution in [1.29, 1.82) is 0 Å². The molecule has 0 saturated heterocycles. The van der Waals surface area contributed by atoms with Gasteiger partial charge in [-0.05, 0) is 31.4 Å². The Bertz CT molecular complexity index is 347. The van der Waals surface area contributed by atoms with Gasteiger partial charge in [-0.25, -0.2) is 0 Å². The average molecular weight is 252 g/mol. The SMILES string of the molecule is CC(CCc1ccco1)NC(=O)CC(N)C(C)C. The minimum atomic E-state index is -0.0673. The molecule has 0 aliphatic rings. The van der Waals surface area contributed by atoms with Crippen LogP contribution in [0, 0.1) is 5.92 Å². The average Bonchev–Trinajstić information content (AvgIpc) is 2.78. The predicted molar refractivity (Wildman–Crippen MR) is 72.1 cm³/mol. The molecular weight excluding hydrogens is 228 g/mol. The molecule has 0 saturated carbocycles. The van der Waals surface area contributed by atoms with Gasteiger partial charge in [0.25, 0.3) is 0 Å². The fourth-order valence-corrected chi connectivity index (χ4v) is 1.67. The lowest BCUT2D eigenvalue weighted by atomic mass is 10.0. The monoisotopic (exact) mass is 252 g/mol. The van der Waals surface area contributed by atoms with E-state index in [0.29, 0.717) is 12.3 Å². The first-order valence-electron chi connectivity index (χ1n) is 6.56. The minimum Gasteiger partial charge on any atom is -0.469 e. The number of hydrogen-bond acceptors (Lipinski definition) is 3. The lowest BCUT2D eigenvalue weighted by Gasteiger charge is -2.18. The molecule has 4 heteroatoms. The number of aryl methyl sites for hydroxylation is 1. The molecule has 102 valence electrons. The summed E-state index contributed by atoms with van der Waals surface area (Å²) in [5.41, 5.74) is 5.87. The molecule has 1 amide bonds. The maximum Gasteiger partial charge on any atom is 0.221 e. The molecule has 0 aliphatic carbocycles. The van der Waals surface area contributed by atoms with E-state index in [0.717, 1.165) is 18.6 Å². The van der Waals surface area contributed by atoms with Crippen molar-refractivity contribution in [2.24, 2.45) is 11.7 Å². The van der Waals surface area contributed by atoms with Crippen LogP contribution in [0.15, 0.2) is 22.8 Å². The molecule has 0 aromatic carbocycles. The van der Waals surface area contributed by atoms with Crippen molar-refractivity contribution in [3.8, 4) is 0 Å². The highest BCUT2D eigenvalue weighted by atomic mass is 16.3. The van der Waals surface area contributed by atoms with Crippen LogP contribution < -0.4 is 11.1 Å². The molecule has 0 spiro atoms. The quantitative estimate of drug-likeness (QED) is 0.780. The summed E-state index contributed by atoms with van der Waals surface area (Å²) < 4.78 is 5.25. The zero-order valence-electron chi connectivity index (χ0n) is 11.5. The zero-order valence-corrected chi connectivity index (χ0v) is 11.5. The molecule has 1 rings (SSSR count). The molecule has 0 radical (unpaired) electrons. The van der Waals surface area contributed by atoms with Crippen LogP contribution in [-0.4, -0.2) is 18.0 Å². The lowest BCUT2D eigenvalue weighted by Crippen LogP contribution is -2.38. The number of furan rings is 1. The highest BCUT2D eigenvalue weighted by Crippen LogP contribution is 2.07. The first-order chi connectivity index (χ1) is 8.49. The molecule has 0 aliphatic heterocycles. The fourth-order valence-electron chi connectivity index (χ4n) is 1.67. The second kappa shape index (κ2) is 7.21. The van der Waals surface area contributed by atoms with E-state index in [2.05, 4.69) is 5.32 Å². The Morgan fingerprint density at radius 1 is 1.44 bits per heavy atom. The van der Waals surface area contributed by atoms with Crippen LogP contribution in [0.1, 0.15) is 39.4 Å². The molecule has 4 nitrogen and oxygen atoms in total. The van der Waals surface area contributed by atoms with E-state index in [9.17, 15) is 4.79 Å². The number of nitrogens with two attached hydrogens (primary N) is 1. The summed E-state index contributed by atoms with van der Waals surface area (Å²) in [6.45, 7) is 6.05. The van der Waals surface area contributed by atoms with Crippen molar-refractivity contribution < 1.29 is 9.21 Å². The second-order valence-corrected chi connectivity index (χ2v) is 5.20. The Morgan fingerprint density at radius 2 is 2.17 bits per heavy atom. The summed E-state index contributed by atoms with van der Waals surface area (Å²) in [5, 5.41) is 2.97. The van der Waals surface area contributed by atoms with E-state index in [1.54, 1.807) is 6.26 Å². The van der Waals surface area contributed by atoms with Crippen LogP contribution in [0.4, 0.5) is 0 Å². The molecule has 0 fully saturated rings. The maximum absolute atomic E-state index is 11.7. The van der Waals surface area contributed by atoms with Crippen molar-refractivity contribution in [3.05, 3.63) is 24.2 Å². The Hall–Kier alpha value is -1.29. The Labute approximate surface area is 109 Å². The third-order valence-corrected chi connectivity index (χ3v) is 3.09. The number of hydrogen-bond donors (Lipinski definition) is 2. The predicted octanol–water partition coefficient (Wildman–Crippen LogP) is 2.09. The standard InChI is InChI=1S/C14H24N2O2/c1-10(2)13(15)9-14(17)16-11(3)6-7-12-5-4-8-18-12/h4-5,8,10-11,13H,6-7,9,15H2,1-3H3,(H,16,17). The Kier molecular flexibility index (Phi) is 5.92. The number of carbonyl (C=O) groups excluding carboxylic acids is 1. The van der Waals surface area contributed by atoms with Gasteiger partial charge in [0.15, 0.2) is 0 Å². The van der Waals surface area contributed by atoms with E-state index in [1.165, 1.54) is 0 Å². The molecular formula is C14H24N2O2. The topological polar surface area (TPSA) is 68.3 Å². The minimum absolute atomic E-state index is 0.0307. The number of carbonyl (C=O) groups is 1. The van der Waals surface area contributed by atoms with Crippen molar-refractivity contribution in [1.82, 2.24) is 5.32 Å². The molecule has 3 N–H and O–H groups in total. The first kappa shape index (κ1) is 14.8. The number of nitrogens with one attached hydrogen (secondary N) is 1. The van der Waals surface area contributed by atoms with Gasteiger partial charge in [0, 0.05) is 24.9 Å². The van der Waals surface area contributed by atoms with Crippen molar-refractivity contribution in [3.63, 3.8) is 0 Å². The summed E-state index contributed by atoms with van der Waals surface area (Å²) in [5.74, 6) is 1.31. The van der Waals surface area contributed by atoms with Gasteiger partial charge in [-0.1, -0.05) is 13.8 Å². The van der Waals surface area contributed by atoms with Crippen molar-refractivity contribution >= 4 is 5.91 Å². The van der Waals surface area contributed by atoms with E-state index in [1.807, 2.05) is 32.9 Å². The molecule has 1 aromatic heterocycles. The van der Waals surface area contributed by atoms with Gasteiger partial charge in [0.2, 0.25) is 5.91 Å². The van der Waals surface area contributed by atoms with Crippen molar-refractivity contribution in [2.75, 3.05) is 0 Å². The van der Waals surface area contributed by atoms with Crippen LogP contribution >= 0.6 is 0 Å². The summed E-state index contributed by atoms with van der Waals surface area (Å²) in [7, 11) is 0. The summed E-state index contributed by atoms with van der Waals surface area (Å²) in [6, 6.07) is 3.90. The summed E-state index contributed by atoms with van der Waals surface area (Å²) in [4.78, 5) is 11.7. The highest BCUT2D eigenvalue weighted by molar-refractivity contribution is 5.76. The van der Waals surface area contributed by atoms with Crippen molar-refractivity contribution in [2.45, 2.75) is 52.1 Å². The molecule has 2 atom stereocenters. The number of rotatable bonds is 7. The largest absolute Gasteiger partial charge is 0.469 e. The van der Waals surface area contributed by atoms with Crippen LogP contribution in [0.25, 0.3) is 0 Å². The van der Waals surface area contributed by atoms with Gasteiger partial charge < -0.3 is 15.5 Å². The molecule has 0 bridgehead atoms.